The normalized spacial score (nSPS) is 13.5. The zero-order valence-electron chi connectivity index (χ0n) is 9.80. The van der Waals surface area contributed by atoms with Crippen molar-refractivity contribution in [1.29, 1.82) is 0 Å². The minimum Gasteiger partial charge on any atom is -0.383 e. The van der Waals surface area contributed by atoms with E-state index in [0.29, 0.717) is 15.5 Å². The van der Waals surface area contributed by atoms with Gasteiger partial charge in [-0.25, -0.2) is 8.42 Å². The molecule has 1 aromatic heterocycles. The minimum atomic E-state index is -3.29. The summed E-state index contributed by atoms with van der Waals surface area (Å²) >= 11 is 10.5. The summed E-state index contributed by atoms with van der Waals surface area (Å²) in [5, 5.41) is 10.8. The number of halogens is 2. The summed E-state index contributed by atoms with van der Waals surface area (Å²) in [4.78, 5) is 0.841. The molecule has 1 heterocycles. The highest BCUT2D eigenvalue weighted by molar-refractivity contribution is 9.11. The molecule has 0 amide bonds. The maximum atomic E-state index is 11.5. The van der Waals surface area contributed by atoms with Crippen LogP contribution in [0.25, 0.3) is 0 Å². The first-order valence-electron chi connectivity index (χ1n) is 5.22. The van der Waals surface area contributed by atoms with Crippen molar-refractivity contribution in [2.45, 2.75) is 11.0 Å². The first-order chi connectivity index (χ1) is 8.79. The molecule has 102 valence electrons. The van der Waals surface area contributed by atoms with Crippen molar-refractivity contribution < 1.29 is 13.5 Å². The van der Waals surface area contributed by atoms with E-state index >= 15 is 0 Å². The molecule has 3 nitrogen and oxygen atoms in total. The minimum absolute atomic E-state index is 0.186. The molecule has 0 spiro atoms. The maximum absolute atomic E-state index is 11.5. The first-order valence-corrected chi connectivity index (χ1v) is 9.10. The van der Waals surface area contributed by atoms with E-state index in [-0.39, 0.29) is 4.90 Å². The molecule has 0 radical (unpaired) electrons. The Morgan fingerprint density at radius 1 is 1.37 bits per heavy atom. The van der Waals surface area contributed by atoms with Crippen molar-refractivity contribution in [3.8, 4) is 0 Å². The van der Waals surface area contributed by atoms with Gasteiger partial charge in [-0.05, 0) is 39.7 Å². The Morgan fingerprint density at radius 2 is 2.05 bits per heavy atom. The molecule has 0 saturated carbocycles. The molecule has 0 aliphatic heterocycles. The van der Waals surface area contributed by atoms with Gasteiger partial charge in [0, 0.05) is 11.1 Å². The molecule has 0 aliphatic rings. The van der Waals surface area contributed by atoms with Gasteiger partial charge in [-0.2, -0.15) is 0 Å². The molecule has 1 N–H and O–H groups in total. The zero-order chi connectivity index (χ0) is 14.2. The summed E-state index contributed by atoms with van der Waals surface area (Å²) in [6.07, 6.45) is 0.243. The molecule has 2 aromatic rings. The second kappa shape index (κ2) is 5.54. The fourth-order valence-corrected chi connectivity index (χ4v) is 4.01. The lowest BCUT2D eigenvalue weighted by molar-refractivity contribution is 0.224. The molecule has 1 unspecified atom stereocenters. The number of thiophene rings is 1. The van der Waals surface area contributed by atoms with Gasteiger partial charge in [0.25, 0.3) is 0 Å². The van der Waals surface area contributed by atoms with E-state index in [1.165, 1.54) is 23.5 Å². The van der Waals surface area contributed by atoms with Gasteiger partial charge in [-0.3, -0.25) is 0 Å². The van der Waals surface area contributed by atoms with Crippen LogP contribution >= 0.6 is 38.9 Å². The summed E-state index contributed by atoms with van der Waals surface area (Å²) in [6.45, 7) is 0. The molecule has 7 heteroatoms. The van der Waals surface area contributed by atoms with E-state index in [4.69, 9.17) is 11.6 Å². The van der Waals surface area contributed by atoms with Crippen molar-refractivity contribution in [3.05, 3.63) is 49.6 Å². The van der Waals surface area contributed by atoms with Crippen LogP contribution in [0.5, 0.6) is 0 Å². The Bertz CT molecular complexity index is 690. The van der Waals surface area contributed by atoms with Crippen molar-refractivity contribution in [1.82, 2.24) is 0 Å². The van der Waals surface area contributed by atoms with Crippen molar-refractivity contribution in [3.63, 3.8) is 0 Å². The van der Waals surface area contributed by atoms with Crippen LogP contribution in [-0.4, -0.2) is 19.8 Å². The number of aliphatic hydroxyl groups is 1. The highest BCUT2D eigenvalue weighted by atomic mass is 79.9. The van der Waals surface area contributed by atoms with E-state index in [1.54, 1.807) is 18.2 Å². The van der Waals surface area contributed by atoms with Gasteiger partial charge in [0.1, 0.15) is 6.10 Å². The summed E-state index contributed by atoms with van der Waals surface area (Å²) in [5.41, 5.74) is 0.522. The van der Waals surface area contributed by atoms with Crippen molar-refractivity contribution >= 4 is 48.7 Å². The maximum Gasteiger partial charge on any atom is 0.175 e. The predicted octanol–water partition coefficient (Wildman–Crippen LogP) is 3.65. The summed E-state index contributed by atoms with van der Waals surface area (Å²) < 4.78 is 23.7. The molecule has 0 saturated heterocycles. The van der Waals surface area contributed by atoms with Crippen LogP contribution in [0.1, 0.15) is 16.5 Å². The van der Waals surface area contributed by atoms with Crippen molar-refractivity contribution in [2.75, 3.05) is 6.26 Å². The van der Waals surface area contributed by atoms with Crippen LogP contribution in [0.2, 0.25) is 5.02 Å². The predicted molar refractivity (Wildman–Crippen MR) is 80.6 cm³/mol. The number of benzene rings is 1. The van der Waals surface area contributed by atoms with Crippen LogP contribution in [0.4, 0.5) is 0 Å². The second-order valence-electron chi connectivity index (χ2n) is 4.02. The average molecular weight is 382 g/mol. The molecule has 2 rings (SSSR count). The number of hydrogen-bond donors (Lipinski definition) is 1. The van der Waals surface area contributed by atoms with E-state index in [0.717, 1.165) is 10.0 Å². The highest BCUT2D eigenvalue weighted by Gasteiger charge is 2.17. The lowest BCUT2D eigenvalue weighted by atomic mass is 10.1. The molecule has 0 fully saturated rings. The standard InChI is InChI=1S/C12H10BrClO3S2/c1-19(16,17)8-4-2-3-7(5-8)11(15)10-6-9(14)12(13)18-10/h2-6,11,15H,1H3. The third-order valence-corrected chi connectivity index (χ3v) is 6.17. The molecule has 19 heavy (non-hydrogen) atoms. The molecule has 1 atom stereocenters. The zero-order valence-corrected chi connectivity index (χ0v) is 13.8. The fraction of sp³-hybridized carbons (Fsp3) is 0.167. The molecule has 1 aromatic carbocycles. The van der Waals surface area contributed by atoms with E-state index in [9.17, 15) is 13.5 Å². The van der Waals surface area contributed by atoms with Gasteiger partial charge in [0.2, 0.25) is 0 Å². The second-order valence-corrected chi connectivity index (χ2v) is 8.84. The fourth-order valence-electron chi connectivity index (χ4n) is 1.58. The van der Waals surface area contributed by atoms with Gasteiger partial charge in [0.05, 0.1) is 13.7 Å². The Labute approximate surface area is 128 Å². The number of sulfone groups is 1. The van der Waals surface area contributed by atoms with Crippen LogP contribution in [0.3, 0.4) is 0 Å². The summed E-state index contributed by atoms with van der Waals surface area (Å²) in [5.74, 6) is 0. The monoisotopic (exact) mass is 380 g/mol. The van der Waals surface area contributed by atoms with Gasteiger partial charge in [-0.15, -0.1) is 11.3 Å². The molecular formula is C12H10BrClO3S2. The largest absolute Gasteiger partial charge is 0.383 e. The first kappa shape index (κ1) is 15.0. The topological polar surface area (TPSA) is 54.4 Å². The molecule has 0 aliphatic carbocycles. The van der Waals surface area contributed by atoms with Crippen LogP contribution in [0.15, 0.2) is 39.0 Å². The Balaban J connectivity index is 2.42. The number of hydrogen-bond acceptors (Lipinski definition) is 4. The molecular weight excluding hydrogens is 372 g/mol. The van der Waals surface area contributed by atoms with Gasteiger partial charge in [-0.1, -0.05) is 23.7 Å². The van der Waals surface area contributed by atoms with Crippen LogP contribution in [0, 0.1) is 0 Å². The van der Waals surface area contributed by atoms with Crippen LogP contribution in [-0.2, 0) is 9.84 Å². The Kier molecular flexibility index (Phi) is 4.37. The van der Waals surface area contributed by atoms with E-state index in [2.05, 4.69) is 15.9 Å². The third-order valence-electron chi connectivity index (χ3n) is 2.54. The Morgan fingerprint density at radius 3 is 2.58 bits per heavy atom. The smallest absolute Gasteiger partial charge is 0.175 e. The van der Waals surface area contributed by atoms with Gasteiger partial charge >= 0.3 is 0 Å². The average Bonchev–Trinajstić information content (AvgIpc) is 2.68. The third kappa shape index (κ3) is 3.38. The van der Waals surface area contributed by atoms with E-state index < -0.39 is 15.9 Å². The SMILES string of the molecule is CS(=O)(=O)c1cccc(C(O)c2cc(Cl)c(Br)s2)c1. The Hall–Kier alpha value is -0.400. The summed E-state index contributed by atoms with van der Waals surface area (Å²) in [6, 6.07) is 7.93. The summed E-state index contributed by atoms with van der Waals surface area (Å²) in [7, 11) is -3.29. The van der Waals surface area contributed by atoms with Gasteiger partial charge in [0.15, 0.2) is 9.84 Å². The lowest BCUT2D eigenvalue weighted by Gasteiger charge is -2.10. The lowest BCUT2D eigenvalue weighted by Crippen LogP contribution is -2.01. The number of aliphatic hydroxyl groups excluding tert-OH is 1. The molecule has 0 bridgehead atoms. The number of rotatable bonds is 3. The van der Waals surface area contributed by atoms with Crippen LogP contribution < -0.4 is 0 Å². The van der Waals surface area contributed by atoms with Crippen molar-refractivity contribution in [2.24, 2.45) is 0 Å². The van der Waals surface area contributed by atoms with Gasteiger partial charge < -0.3 is 5.11 Å². The highest BCUT2D eigenvalue weighted by Crippen LogP contribution is 2.37. The quantitative estimate of drug-likeness (QED) is 0.883. The van der Waals surface area contributed by atoms with E-state index in [1.807, 2.05) is 0 Å².